The first-order valence-electron chi connectivity index (χ1n) is 11.1. The third-order valence-corrected chi connectivity index (χ3v) is 5.70. The van der Waals surface area contributed by atoms with Gasteiger partial charge in [-0.2, -0.15) is 0 Å². The molecule has 0 atom stereocenters. The highest BCUT2D eigenvalue weighted by atomic mass is 19.1. The molecule has 0 fully saturated rings. The molecule has 182 valence electrons. The maximum atomic E-state index is 13.3. The van der Waals surface area contributed by atoms with Crippen LogP contribution in [0.1, 0.15) is 24.5 Å². The normalized spacial score (nSPS) is 10.8. The lowest BCUT2D eigenvalue weighted by atomic mass is 10.1. The Balaban J connectivity index is 2.04. The van der Waals surface area contributed by atoms with Crippen LogP contribution in [0.15, 0.2) is 36.4 Å². The van der Waals surface area contributed by atoms with Crippen molar-refractivity contribution in [1.29, 1.82) is 0 Å². The molecule has 3 aromatic rings. The highest BCUT2D eigenvalue weighted by molar-refractivity contribution is 5.92. The minimum absolute atomic E-state index is 0.0335. The van der Waals surface area contributed by atoms with E-state index in [-0.39, 0.29) is 11.7 Å². The predicted molar refractivity (Wildman–Crippen MR) is 132 cm³/mol. The molecule has 0 aliphatic carbocycles. The van der Waals surface area contributed by atoms with Crippen molar-refractivity contribution in [2.24, 2.45) is 0 Å². The Bertz CT molecular complexity index is 1150. The van der Waals surface area contributed by atoms with Crippen LogP contribution in [0.4, 0.5) is 10.2 Å². The summed E-state index contributed by atoms with van der Waals surface area (Å²) in [5.74, 6) is 2.04. The Morgan fingerprint density at radius 1 is 1.00 bits per heavy atom. The summed E-state index contributed by atoms with van der Waals surface area (Å²) in [6, 6.07) is 10.2. The second kappa shape index (κ2) is 11.0. The number of hydrogen-bond donors (Lipinski definition) is 0. The number of benzene rings is 2. The zero-order chi connectivity index (χ0) is 24.8. The minimum Gasteiger partial charge on any atom is -0.493 e. The molecule has 0 spiro atoms. The van der Waals surface area contributed by atoms with Crippen LogP contribution in [0.2, 0.25) is 0 Å². The topological polar surface area (TPSA) is 64.1 Å². The summed E-state index contributed by atoms with van der Waals surface area (Å²) in [4.78, 5) is 21.4. The molecule has 1 heterocycles. The van der Waals surface area contributed by atoms with Crippen molar-refractivity contribution >= 4 is 22.6 Å². The molecule has 0 saturated carbocycles. The Hall–Kier alpha value is -3.55. The number of halogens is 1. The van der Waals surface area contributed by atoms with E-state index in [2.05, 4.69) is 0 Å². The summed E-state index contributed by atoms with van der Waals surface area (Å²) in [5.41, 5.74) is 2.55. The number of carbonyl (C=O) groups is 1. The van der Waals surface area contributed by atoms with E-state index in [0.717, 1.165) is 22.3 Å². The van der Waals surface area contributed by atoms with Gasteiger partial charge in [-0.05, 0) is 30.2 Å². The Morgan fingerprint density at radius 2 is 1.68 bits per heavy atom. The molecule has 0 bridgehead atoms. The minimum atomic E-state index is -0.274. The van der Waals surface area contributed by atoms with E-state index in [1.165, 1.54) is 12.1 Å². The van der Waals surface area contributed by atoms with E-state index in [9.17, 15) is 9.18 Å². The second-order valence-electron chi connectivity index (χ2n) is 8.12. The average molecular weight is 470 g/mol. The number of fused-ring (bicyclic) bond motifs is 1. The number of hydrogen-bond acceptors (Lipinski definition) is 6. The molecule has 0 radical (unpaired) electrons. The quantitative estimate of drug-likeness (QED) is 0.437. The number of nitrogens with zero attached hydrogens (tertiary/aromatic N) is 3. The molecule has 0 N–H and O–H groups in total. The maximum Gasteiger partial charge on any atom is 0.222 e. The van der Waals surface area contributed by atoms with Crippen molar-refractivity contribution in [3.8, 4) is 17.2 Å². The number of anilines is 1. The van der Waals surface area contributed by atoms with Crippen LogP contribution in [0.5, 0.6) is 17.2 Å². The number of aromatic nitrogens is 1. The molecular weight excluding hydrogens is 437 g/mol. The summed E-state index contributed by atoms with van der Waals surface area (Å²) in [6.45, 7) is 2.73. The van der Waals surface area contributed by atoms with Gasteiger partial charge in [-0.1, -0.05) is 19.1 Å². The van der Waals surface area contributed by atoms with Crippen molar-refractivity contribution in [2.45, 2.75) is 26.3 Å². The fourth-order valence-corrected chi connectivity index (χ4v) is 3.96. The first kappa shape index (κ1) is 25.1. The number of methoxy groups -OCH3 is 3. The Kier molecular flexibility index (Phi) is 8.15. The molecule has 2 aromatic carbocycles. The first-order chi connectivity index (χ1) is 16.3. The lowest BCUT2D eigenvalue weighted by molar-refractivity contribution is -0.131. The number of pyridine rings is 1. The fraction of sp³-hybridized carbons (Fsp3) is 0.385. The monoisotopic (exact) mass is 469 g/mol. The molecule has 34 heavy (non-hydrogen) atoms. The van der Waals surface area contributed by atoms with Gasteiger partial charge >= 0.3 is 0 Å². The van der Waals surface area contributed by atoms with E-state index in [1.54, 1.807) is 33.5 Å². The molecule has 1 aromatic heterocycles. The van der Waals surface area contributed by atoms with Gasteiger partial charge in [-0.25, -0.2) is 9.37 Å². The first-order valence-corrected chi connectivity index (χ1v) is 11.1. The van der Waals surface area contributed by atoms with Gasteiger partial charge in [0.2, 0.25) is 11.7 Å². The van der Waals surface area contributed by atoms with Crippen molar-refractivity contribution in [3.63, 3.8) is 0 Å². The lowest BCUT2D eigenvalue weighted by Gasteiger charge is -2.26. The summed E-state index contributed by atoms with van der Waals surface area (Å²) in [7, 11) is 8.54. The number of ether oxygens (including phenoxy) is 3. The van der Waals surface area contributed by atoms with Crippen LogP contribution in [0.25, 0.3) is 10.9 Å². The summed E-state index contributed by atoms with van der Waals surface area (Å²) in [6.07, 6.45) is 1.01. The van der Waals surface area contributed by atoms with Gasteiger partial charge in [0.1, 0.15) is 11.6 Å². The van der Waals surface area contributed by atoms with E-state index < -0.39 is 0 Å². The van der Waals surface area contributed by atoms with E-state index in [4.69, 9.17) is 19.2 Å². The summed E-state index contributed by atoms with van der Waals surface area (Å²) >= 11 is 0. The third-order valence-electron chi connectivity index (χ3n) is 5.70. The second-order valence-corrected chi connectivity index (χ2v) is 8.12. The van der Waals surface area contributed by atoms with Crippen LogP contribution in [0, 0.1) is 5.82 Å². The zero-order valence-electron chi connectivity index (χ0n) is 20.6. The molecule has 0 saturated heterocycles. The molecule has 0 unspecified atom stereocenters. The highest BCUT2D eigenvalue weighted by Crippen LogP contribution is 2.44. The van der Waals surface area contributed by atoms with E-state index in [1.807, 2.05) is 43.0 Å². The summed E-state index contributed by atoms with van der Waals surface area (Å²) < 4.78 is 29.9. The van der Waals surface area contributed by atoms with Gasteiger partial charge in [0.25, 0.3) is 0 Å². The number of rotatable bonds is 10. The van der Waals surface area contributed by atoms with Gasteiger partial charge in [-0.15, -0.1) is 0 Å². The van der Waals surface area contributed by atoms with Crippen molar-refractivity contribution in [1.82, 2.24) is 9.88 Å². The summed E-state index contributed by atoms with van der Waals surface area (Å²) in [5, 5.41) is 0.767. The van der Waals surface area contributed by atoms with Gasteiger partial charge in [-0.3, -0.25) is 4.79 Å². The average Bonchev–Trinajstić information content (AvgIpc) is 2.84. The highest BCUT2D eigenvalue weighted by Gasteiger charge is 2.22. The number of amides is 1. The number of carbonyl (C=O) groups excluding carboxylic acids is 1. The van der Waals surface area contributed by atoms with Crippen LogP contribution in [-0.2, 0) is 17.8 Å². The fourth-order valence-electron chi connectivity index (χ4n) is 3.96. The maximum absolute atomic E-state index is 13.3. The van der Waals surface area contributed by atoms with Crippen LogP contribution in [0.3, 0.4) is 0 Å². The predicted octanol–water partition coefficient (Wildman–Crippen LogP) is 4.45. The van der Waals surface area contributed by atoms with Crippen molar-refractivity contribution in [3.05, 3.63) is 53.3 Å². The van der Waals surface area contributed by atoms with Gasteiger partial charge in [0.05, 0.1) is 26.8 Å². The van der Waals surface area contributed by atoms with Gasteiger partial charge < -0.3 is 24.0 Å². The largest absolute Gasteiger partial charge is 0.493 e. The van der Waals surface area contributed by atoms with Gasteiger partial charge in [0, 0.05) is 50.6 Å². The zero-order valence-corrected chi connectivity index (χ0v) is 20.6. The van der Waals surface area contributed by atoms with E-state index >= 15 is 0 Å². The molecule has 1 amide bonds. The standard InChI is InChI=1S/C26H32FN3O4/c1-7-23(31)30(13-12-17-8-10-19(27)11-9-17)16-18-14-20-21(28-26(18)29(2)3)15-22(32-4)25(34-6)24(20)33-5/h8-11,14-15H,7,12-13,16H2,1-6H3. The van der Waals surface area contributed by atoms with Crippen molar-refractivity contribution in [2.75, 3.05) is 46.9 Å². The SMILES string of the molecule is CCC(=O)N(CCc1ccc(F)cc1)Cc1cc2c(OC)c(OC)c(OC)cc2nc1N(C)C. The smallest absolute Gasteiger partial charge is 0.222 e. The van der Waals surface area contributed by atoms with Crippen LogP contribution < -0.4 is 19.1 Å². The van der Waals surface area contributed by atoms with Crippen molar-refractivity contribution < 1.29 is 23.4 Å². The molecule has 3 rings (SSSR count). The molecule has 7 nitrogen and oxygen atoms in total. The van der Waals surface area contributed by atoms with Crippen LogP contribution >= 0.6 is 0 Å². The molecule has 8 heteroatoms. The molecular formula is C26H32FN3O4. The Labute approximate surface area is 200 Å². The van der Waals surface area contributed by atoms with Gasteiger partial charge in [0.15, 0.2) is 11.5 Å². The molecule has 0 aliphatic heterocycles. The Morgan fingerprint density at radius 3 is 2.24 bits per heavy atom. The van der Waals surface area contributed by atoms with Crippen LogP contribution in [-0.4, -0.2) is 57.8 Å². The lowest BCUT2D eigenvalue weighted by Crippen LogP contribution is -2.32. The van der Waals surface area contributed by atoms with E-state index in [0.29, 0.717) is 48.7 Å². The molecule has 0 aliphatic rings. The third kappa shape index (κ3) is 5.32.